The molecular weight excluding hydrogens is 186 g/mol. The molecule has 0 saturated carbocycles. The SMILES string of the molecule is O=C(OCC=C(F)F)C1COCO1. The molecule has 1 atom stereocenters. The molecule has 0 aromatic carbocycles. The van der Waals surface area contributed by atoms with E-state index in [2.05, 4.69) is 4.74 Å². The van der Waals surface area contributed by atoms with Crippen LogP contribution < -0.4 is 0 Å². The van der Waals surface area contributed by atoms with Crippen molar-refractivity contribution in [2.75, 3.05) is 20.0 Å². The molecule has 6 heteroatoms. The fourth-order valence-electron chi connectivity index (χ4n) is 0.749. The molecule has 1 aliphatic rings. The first kappa shape index (κ1) is 10.1. The van der Waals surface area contributed by atoms with Crippen LogP contribution in [0, 0.1) is 0 Å². The first-order chi connectivity index (χ1) is 6.20. The van der Waals surface area contributed by atoms with E-state index in [1.165, 1.54) is 0 Å². The Morgan fingerprint density at radius 1 is 1.62 bits per heavy atom. The lowest BCUT2D eigenvalue weighted by atomic mass is 10.4. The molecule has 4 nitrogen and oxygen atoms in total. The van der Waals surface area contributed by atoms with Gasteiger partial charge >= 0.3 is 5.97 Å². The highest BCUT2D eigenvalue weighted by Gasteiger charge is 2.25. The molecule has 1 unspecified atom stereocenters. The van der Waals surface area contributed by atoms with Crippen LogP contribution in [0.25, 0.3) is 0 Å². The van der Waals surface area contributed by atoms with Crippen LogP contribution in [-0.2, 0) is 19.0 Å². The zero-order chi connectivity index (χ0) is 9.68. The average molecular weight is 194 g/mol. The van der Waals surface area contributed by atoms with Gasteiger partial charge in [0, 0.05) is 6.08 Å². The third-order valence-electron chi connectivity index (χ3n) is 1.35. The molecule has 0 spiro atoms. The zero-order valence-corrected chi connectivity index (χ0v) is 6.66. The molecule has 13 heavy (non-hydrogen) atoms. The van der Waals surface area contributed by atoms with Crippen molar-refractivity contribution >= 4 is 5.97 Å². The lowest BCUT2D eigenvalue weighted by Gasteiger charge is -2.05. The fourth-order valence-corrected chi connectivity index (χ4v) is 0.749. The summed E-state index contributed by atoms with van der Waals surface area (Å²) < 4.78 is 36.9. The van der Waals surface area contributed by atoms with E-state index in [1.54, 1.807) is 0 Å². The molecule has 0 aromatic rings. The predicted octanol–water partition coefficient (Wildman–Crippen LogP) is 0.683. The molecule has 0 amide bonds. The van der Waals surface area contributed by atoms with Crippen molar-refractivity contribution < 1.29 is 27.8 Å². The lowest BCUT2D eigenvalue weighted by Crippen LogP contribution is -2.25. The van der Waals surface area contributed by atoms with Gasteiger partial charge in [0.2, 0.25) is 0 Å². The summed E-state index contributed by atoms with van der Waals surface area (Å²) in [5.74, 6) is -0.685. The van der Waals surface area contributed by atoms with Gasteiger partial charge in [-0.25, -0.2) is 4.79 Å². The van der Waals surface area contributed by atoms with Crippen molar-refractivity contribution in [2.24, 2.45) is 0 Å². The normalized spacial score (nSPS) is 21.2. The van der Waals surface area contributed by atoms with Crippen LogP contribution in [0.2, 0.25) is 0 Å². The van der Waals surface area contributed by atoms with Gasteiger partial charge in [-0.2, -0.15) is 8.78 Å². The highest BCUT2D eigenvalue weighted by atomic mass is 19.3. The Kier molecular flexibility index (Phi) is 3.78. The molecule has 1 rings (SSSR count). The van der Waals surface area contributed by atoms with Crippen LogP contribution in [0.1, 0.15) is 0 Å². The maximum atomic E-state index is 11.5. The summed E-state index contributed by atoms with van der Waals surface area (Å²) in [6.45, 7) is -0.297. The Morgan fingerprint density at radius 2 is 2.38 bits per heavy atom. The molecule has 0 bridgehead atoms. The summed E-state index contributed by atoms with van der Waals surface area (Å²) in [6.07, 6.45) is -2.15. The minimum atomic E-state index is -1.88. The van der Waals surface area contributed by atoms with Crippen LogP contribution in [0.4, 0.5) is 8.78 Å². The first-order valence-electron chi connectivity index (χ1n) is 3.57. The van der Waals surface area contributed by atoms with Gasteiger partial charge in [0.25, 0.3) is 6.08 Å². The molecule has 1 saturated heterocycles. The van der Waals surface area contributed by atoms with E-state index >= 15 is 0 Å². The van der Waals surface area contributed by atoms with Gasteiger partial charge in [-0.15, -0.1) is 0 Å². The zero-order valence-electron chi connectivity index (χ0n) is 6.66. The van der Waals surface area contributed by atoms with Crippen LogP contribution in [0.3, 0.4) is 0 Å². The number of hydrogen-bond donors (Lipinski definition) is 0. The topological polar surface area (TPSA) is 44.8 Å². The summed E-state index contributed by atoms with van der Waals surface area (Å²) in [6, 6.07) is 0. The van der Waals surface area contributed by atoms with Gasteiger partial charge in [0.1, 0.15) is 13.4 Å². The minimum Gasteiger partial charge on any atom is -0.459 e. The summed E-state index contributed by atoms with van der Waals surface area (Å²) in [5.41, 5.74) is 0. The Morgan fingerprint density at radius 3 is 2.92 bits per heavy atom. The summed E-state index contributed by atoms with van der Waals surface area (Å²) in [4.78, 5) is 10.9. The van der Waals surface area contributed by atoms with Gasteiger partial charge in [-0.1, -0.05) is 0 Å². The number of halogens is 2. The van der Waals surface area contributed by atoms with E-state index in [4.69, 9.17) is 9.47 Å². The molecule has 0 aromatic heterocycles. The molecule has 0 aliphatic carbocycles. The lowest BCUT2D eigenvalue weighted by molar-refractivity contribution is -0.152. The van der Waals surface area contributed by atoms with Gasteiger partial charge in [-0.3, -0.25) is 0 Å². The Balaban J connectivity index is 2.21. The van der Waals surface area contributed by atoms with Gasteiger partial charge in [-0.05, 0) is 0 Å². The van der Waals surface area contributed by atoms with E-state index < -0.39 is 24.8 Å². The molecule has 1 aliphatic heterocycles. The fraction of sp³-hybridized carbons (Fsp3) is 0.571. The van der Waals surface area contributed by atoms with Gasteiger partial charge in [0.15, 0.2) is 6.10 Å². The number of carbonyl (C=O) groups excluding carboxylic acids is 1. The number of hydrogen-bond acceptors (Lipinski definition) is 4. The third kappa shape index (κ3) is 3.47. The van der Waals surface area contributed by atoms with Crippen molar-refractivity contribution in [1.82, 2.24) is 0 Å². The Hall–Kier alpha value is -1.01. The van der Waals surface area contributed by atoms with E-state index in [9.17, 15) is 13.6 Å². The van der Waals surface area contributed by atoms with Crippen molar-refractivity contribution in [1.29, 1.82) is 0 Å². The highest BCUT2D eigenvalue weighted by Crippen LogP contribution is 2.05. The van der Waals surface area contributed by atoms with E-state index in [0.717, 1.165) is 0 Å². The minimum absolute atomic E-state index is 0.0348. The quantitative estimate of drug-likeness (QED) is 0.620. The molecule has 0 radical (unpaired) electrons. The van der Waals surface area contributed by atoms with E-state index in [1.807, 2.05) is 0 Å². The molecule has 0 N–H and O–H groups in total. The molecule has 1 heterocycles. The summed E-state index contributed by atoms with van der Waals surface area (Å²) >= 11 is 0. The van der Waals surface area contributed by atoms with Crippen LogP contribution in [0.5, 0.6) is 0 Å². The van der Waals surface area contributed by atoms with Crippen molar-refractivity contribution in [3.8, 4) is 0 Å². The van der Waals surface area contributed by atoms with E-state index in [0.29, 0.717) is 6.08 Å². The summed E-state index contributed by atoms with van der Waals surface area (Å²) in [5, 5.41) is 0. The molecule has 1 fully saturated rings. The van der Waals surface area contributed by atoms with Crippen molar-refractivity contribution in [3.05, 3.63) is 12.2 Å². The van der Waals surface area contributed by atoms with Crippen LogP contribution in [0.15, 0.2) is 12.2 Å². The number of rotatable bonds is 3. The van der Waals surface area contributed by atoms with Crippen molar-refractivity contribution in [3.63, 3.8) is 0 Å². The highest BCUT2D eigenvalue weighted by molar-refractivity contribution is 5.75. The smallest absolute Gasteiger partial charge is 0.338 e. The number of carbonyl (C=O) groups is 1. The predicted molar refractivity (Wildman–Crippen MR) is 37.0 cm³/mol. The maximum Gasteiger partial charge on any atom is 0.338 e. The number of ether oxygens (including phenoxy) is 3. The second kappa shape index (κ2) is 4.88. The molecule has 74 valence electrons. The second-order valence-electron chi connectivity index (χ2n) is 2.27. The van der Waals surface area contributed by atoms with Gasteiger partial charge in [0.05, 0.1) is 6.61 Å². The summed E-state index contributed by atoms with van der Waals surface area (Å²) in [7, 11) is 0. The maximum absolute atomic E-state index is 11.5. The average Bonchev–Trinajstić information content (AvgIpc) is 2.55. The monoisotopic (exact) mass is 194 g/mol. The standard InChI is InChI=1S/C7H8F2O4/c8-6(9)1-2-12-7(10)5-3-11-4-13-5/h1,5H,2-4H2. The first-order valence-corrected chi connectivity index (χ1v) is 3.57. The van der Waals surface area contributed by atoms with Crippen molar-refractivity contribution in [2.45, 2.75) is 6.10 Å². The van der Waals surface area contributed by atoms with Gasteiger partial charge < -0.3 is 14.2 Å². The second-order valence-corrected chi connectivity index (χ2v) is 2.27. The van der Waals surface area contributed by atoms with Crippen LogP contribution in [-0.4, -0.2) is 32.1 Å². The largest absolute Gasteiger partial charge is 0.459 e. The van der Waals surface area contributed by atoms with Crippen LogP contribution >= 0.6 is 0 Å². The Bertz CT molecular complexity index is 207. The third-order valence-corrected chi connectivity index (χ3v) is 1.35. The number of esters is 1. The van der Waals surface area contributed by atoms with E-state index in [-0.39, 0.29) is 13.4 Å². The molecular formula is C7H8F2O4. The Labute approximate surface area is 73.1 Å².